The Morgan fingerprint density at radius 1 is 1.50 bits per heavy atom. The zero-order valence-electron chi connectivity index (χ0n) is 9.23. The van der Waals surface area contributed by atoms with E-state index in [-0.39, 0.29) is 5.91 Å². The molecule has 1 aromatic rings. The van der Waals surface area contributed by atoms with Gasteiger partial charge in [0.25, 0.3) is 5.91 Å². The molecule has 1 rings (SSSR count). The van der Waals surface area contributed by atoms with Crippen molar-refractivity contribution in [2.75, 3.05) is 32.7 Å². The molecule has 1 amide bonds. The fourth-order valence-corrected chi connectivity index (χ4v) is 1.47. The van der Waals surface area contributed by atoms with Gasteiger partial charge in [-0.25, -0.2) is 0 Å². The van der Waals surface area contributed by atoms with Gasteiger partial charge in [0, 0.05) is 32.3 Å². The summed E-state index contributed by atoms with van der Waals surface area (Å²) in [6.07, 6.45) is 1.60. The third kappa shape index (κ3) is 3.79. The highest BCUT2D eigenvalue weighted by atomic mass is 35.5. The number of halogens is 1. The fourth-order valence-electron chi connectivity index (χ4n) is 1.27. The van der Waals surface area contributed by atoms with Gasteiger partial charge in [0.1, 0.15) is 5.69 Å². The van der Waals surface area contributed by atoms with Gasteiger partial charge in [-0.3, -0.25) is 9.78 Å². The Balaban J connectivity index is 2.67. The Bertz CT molecular complexity index is 319. The molecule has 0 N–H and O–H groups in total. The lowest BCUT2D eigenvalue weighted by Crippen LogP contribution is -2.35. The number of hydrogen-bond acceptors (Lipinski definition) is 3. The van der Waals surface area contributed by atoms with E-state index in [1.807, 2.05) is 0 Å². The zero-order valence-corrected chi connectivity index (χ0v) is 9.98. The molecule has 16 heavy (non-hydrogen) atoms. The van der Waals surface area contributed by atoms with Crippen molar-refractivity contribution in [1.82, 2.24) is 9.88 Å². The third-order valence-corrected chi connectivity index (χ3v) is 2.26. The van der Waals surface area contributed by atoms with E-state index in [1.165, 1.54) is 0 Å². The lowest BCUT2D eigenvalue weighted by Gasteiger charge is -2.20. The van der Waals surface area contributed by atoms with Crippen molar-refractivity contribution in [2.45, 2.75) is 0 Å². The molecule has 5 heteroatoms. The van der Waals surface area contributed by atoms with Gasteiger partial charge in [-0.15, -0.1) is 11.6 Å². The number of rotatable bonds is 6. The number of hydrogen-bond donors (Lipinski definition) is 0. The molecule has 0 aromatic carbocycles. The van der Waals surface area contributed by atoms with Crippen LogP contribution in [0.3, 0.4) is 0 Å². The molecule has 1 aromatic heterocycles. The van der Waals surface area contributed by atoms with Gasteiger partial charge in [0.05, 0.1) is 6.61 Å². The van der Waals surface area contributed by atoms with Gasteiger partial charge in [-0.05, 0) is 12.1 Å². The van der Waals surface area contributed by atoms with Gasteiger partial charge >= 0.3 is 0 Å². The van der Waals surface area contributed by atoms with Crippen molar-refractivity contribution >= 4 is 17.5 Å². The second-order valence-corrected chi connectivity index (χ2v) is 3.57. The molecule has 0 spiro atoms. The summed E-state index contributed by atoms with van der Waals surface area (Å²) in [6, 6.07) is 5.25. The maximum absolute atomic E-state index is 12.0. The predicted molar refractivity (Wildman–Crippen MR) is 62.7 cm³/mol. The number of aromatic nitrogens is 1. The van der Waals surface area contributed by atoms with Gasteiger partial charge in [0.2, 0.25) is 0 Å². The third-order valence-electron chi connectivity index (χ3n) is 2.09. The van der Waals surface area contributed by atoms with E-state index in [2.05, 4.69) is 4.98 Å². The molecule has 0 bridgehead atoms. The van der Waals surface area contributed by atoms with Crippen LogP contribution in [0.4, 0.5) is 0 Å². The highest BCUT2D eigenvalue weighted by Crippen LogP contribution is 2.01. The van der Waals surface area contributed by atoms with Crippen LogP contribution in [0.15, 0.2) is 24.4 Å². The van der Waals surface area contributed by atoms with Crippen LogP contribution in [0.25, 0.3) is 0 Å². The zero-order chi connectivity index (χ0) is 11.8. The number of alkyl halides is 1. The second kappa shape index (κ2) is 7.19. The summed E-state index contributed by atoms with van der Waals surface area (Å²) in [7, 11) is 1.60. The first kappa shape index (κ1) is 12.9. The van der Waals surface area contributed by atoms with Crippen molar-refractivity contribution < 1.29 is 9.53 Å². The monoisotopic (exact) mass is 242 g/mol. The van der Waals surface area contributed by atoms with Crippen molar-refractivity contribution in [3.05, 3.63) is 30.1 Å². The Kier molecular flexibility index (Phi) is 5.82. The summed E-state index contributed by atoms with van der Waals surface area (Å²) < 4.78 is 4.95. The number of nitrogens with zero attached hydrogens (tertiary/aromatic N) is 2. The van der Waals surface area contributed by atoms with Crippen molar-refractivity contribution in [3.8, 4) is 0 Å². The van der Waals surface area contributed by atoms with Crippen LogP contribution in [0.5, 0.6) is 0 Å². The molecule has 4 nitrogen and oxygen atoms in total. The number of methoxy groups -OCH3 is 1. The molecule has 0 fully saturated rings. The van der Waals surface area contributed by atoms with Crippen LogP contribution in [0.1, 0.15) is 10.5 Å². The van der Waals surface area contributed by atoms with E-state index < -0.39 is 0 Å². The maximum atomic E-state index is 12.0. The van der Waals surface area contributed by atoms with Crippen LogP contribution in [0.2, 0.25) is 0 Å². The molecule has 0 saturated carbocycles. The van der Waals surface area contributed by atoms with Gasteiger partial charge in [0.15, 0.2) is 0 Å². The summed E-state index contributed by atoms with van der Waals surface area (Å²) in [5.41, 5.74) is 0.434. The predicted octanol–water partition coefficient (Wildman–Crippen LogP) is 1.41. The molecular weight excluding hydrogens is 228 g/mol. The van der Waals surface area contributed by atoms with E-state index in [4.69, 9.17) is 16.3 Å². The summed E-state index contributed by atoms with van der Waals surface area (Å²) in [5.74, 6) is 0.292. The first-order chi connectivity index (χ1) is 7.79. The lowest BCUT2D eigenvalue weighted by atomic mass is 10.3. The fraction of sp³-hybridized carbons (Fsp3) is 0.455. The Morgan fingerprint density at radius 2 is 2.31 bits per heavy atom. The quantitative estimate of drug-likeness (QED) is 0.709. The molecule has 0 radical (unpaired) electrons. The minimum atomic E-state index is -0.113. The summed E-state index contributed by atoms with van der Waals surface area (Å²) in [6.45, 7) is 1.52. The normalized spacial score (nSPS) is 10.1. The van der Waals surface area contributed by atoms with Gasteiger partial charge in [-0.1, -0.05) is 6.07 Å². The van der Waals surface area contributed by atoms with Crippen LogP contribution >= 0.6 is 11.6 Å². The van der Waals surface area contributed by atoms with Crippen molar-refractivity contribution in [3.63, 3.8) is 0 Å². The van der Waals surface area contributed by atoms with Crippen molar-refractivity contribution in [2.24, 2.45) is 0 Å². The smallest absolute Gasteiger partial charge is 0.272 e. The molecule has 0 aliphatic rings. The first-order valence-corrected chi connectivity index (χ1v) is 5.58. The molecule has 0 atom stereocenters. The topological polar surface area (TPSA) is 42.4 Å². The molecule has 0 aliphatic carbocycles. The summed E-state index contributed by atoms with van der Waals surface area (Å²) in [4.78, 5) is 17.6. The molecule has 88 valence electrons. The second-order valence-electron chi connectivity index (χ2n) is 3.19. The van der Waals surface area contributed by atoms with Crippen LogP contribution < -0.4 is 0 Å². The van der Waals surface area contributed by atoms with Gasteiger partial charge < -0.3 is 9.64 Å². The summed E-state index contributed by atoms with van der Waals surface area (Å²) >= 11 is 5.65. The first-order valence-electron chi connectivity index (χ1n) is 5.04. The molecule has 1 heterocycles. The molecule has 0 aliphatic heterocycles. The highest BCUT2D eigenvalue weighted by Gasteiger charge is 2.15. The lowest BCUT2D eigenvalue weighted by molar-refractivity contribution is 0.0702. The van der Waals surface area contributed by atoms with E-state index in [0.29, 0.717) is 31.3 Å². The molecule has 0 unspecified atom stereocenters. The highest BCUT2D eigenvalue weighted by molar-refractivity contribution is 6.18. The number of pyridine rings is 1. The van der Waals surface area contributed by atoms with E-state index in [0.717, 1.165) is 0 Å². The number of carbonyl (C=O) groups is 1. The standard InChI is InChI=1S/C11H15ClN2O2/c1-16-9-8-14(7-5-12)11(15)10-4-2-3-6-13-10/h2-4,6H,5,7-9H2,1H3. The minimum absolute atomic E-state index is 0.113. The number of amides is 1. The van der Waals surface area contributed by atoms with Crippen LogP contribution in [-0.2, 0) is 4.74 Å². The van der Waals surface area contributed by atoms with Crippen molar-refractivity contribution in [1.29, 1.82) is 0 Å². The Hall–Kier alpha value is -1.13. The number of ether oxygens (including phenoxy) is 1. The van der Waals surface area contributed by atoms with Crippen LogP contribution in [-0.4, -0.2) is 48.5 Å². The largest absolute Gasteiger partial charge is 0.383 e. The van der Waals surface area contributed by atoms with Crippen LogP contribution in [0, 0.1) is 0 Å². The Morgan fingerprint density at radius 3 is 2.88 bits per heavy atom. The number of carbonyl (C=O) groups excluding carboxylic acids is 1. The summed E-state index contributed by atoms with van der Waals surface area (Å²) in [5, 5.41) is 0. The SMILES string of the molecule is COCCN(CCCl)C(=O)c1ccccn1. The van der Waals surface area contributed by atoms with E-state index >= 15 is 0 Å². The van der Waals surface area contributed by atoms with Gasteiger partial charge in [-0.2, -0.15) is 0 Å². The molecular formula is C11H15ClN2O2. The van der Waals surface area contributed by atoms with E-state index in [1.54, 1.807) is 36.4 Å². The average Bonchev–Trinajstić information content (AvgIpc) is 2.35. The van der Waals surface area contributed by atoms with E-state index in [9.17, 15) is 4.79 Å². The minimum Gasteiger partial charge on any atom is -0.383 e. The average molecular weight is 243 g/mol. The maximum Gasteiger partial charge on any atom is 0.272 e. The molecule has 0 saturated heterocycles. The Labute approximate surface area is 100 Å².